The monoisotopic (exact) mass is 417 g/mol. The maximum atomic E-state index is 12.8. The second-order valence-corrected chi connectivity index (χ2v) is 7.76. The maximum Gasteiger partial charge on any atom is 0.227 e. The van der Waals surface area contributed by atoms with E-state index in [1.807, 2.05) is 48.2 Å². The fraction of sp³-hybridized carbons (Fsp3) is 0.333. The zero-order valence-corrected chi connectivity index (χ0v) is 17.9. The smallest absolute Gasteiger partial charge is 0.227 e. The van der Waals surface area contributed by atoms with Crippen LogP contribution in [0.4, 0.5) is 11.6 Å². The number of carbonyl (C=O) groups excluding carboxylic acids is 1. The molecule has 160 valence electrons. The van der Waals surface area contributed by atoms with Gasteiger partial charge in [-0.2, -0.15) is 0 Å². The van der Waals surface area contributed by atoms with Crippen molar-refractivity contribution in [3.05, 3.63) is 71.8 Å². The third kappa shape index (κ3) is 5.17. The Morgan fingerprint density at radius 1 is 1.19 bits per heavy atom. The highest BCUT2D eigenvalue weighted by molar-refractivity contribution is 5.77. The number of methoxy groups -OCH3 is 1. The third-order valence-electron chi connectivity index (χ3n) is 5.56. The Morgan fingerprint density at radius 3 is 2.81 bits per heavy atom. The van der Waals surface area contributed by atoms with Gasteiger partial charge < -0.3 is 15.0 Å². The molecule has 3 aromatic rings. The number of anilines is 2. The Hall–Kier alpha value is -3.48. The van der Waals surface area contributed by atoms with Crippen molar-refractivity contribution in [2.75, 3.05) is 25.5 Å². The molecule has 4 rings (SSSR count). The van der Waals surface area contributed by atoms with Gasteiger partial charge in [-0.05, 0) is 49.6 Å². The number of aryl methyl sites for hydroxylation is 2. The minimum atomic E-state index is 0.178. The molecule has 0 radical (unpaired) electrons. The van der Waals surface area contributed by atoms with E-state index in [1.54, 1.807) is 25.6 Å². The van der Waals surface area contributed by atoms with Crippen molar-refractivity contribution in [1.29, 1.82) is 0 Å². The first kappa shape index (κ1) is 20.8. The van der Waals surface area contributed by atoms with Crippen molar-refractivity contribution < 1.29 is 9.53 Å². The van der Waals surface area contributed by atoms with Crippen LogP contribution in [0.1, 0.15) is 35.7 Å². The second-order valence-electron chi connectivity index (χ2n) is 7.76. The number of amides is 1. The van der Waals surface area contributed by atoms with E-state index in [0.717, 1.165) is 41.4 Å². The highest BCUT2D eigenvalue weighted by Crippen LogP contribution is 2.29. The summed E-state index contributed by atoms with van der Waals surface area (Å²) >= 11 is 0. The molecule has 1 aliphatic heterocycles. The Bertz CT molecular complexity index is 1040. The largest absolute Gasteiger partial charge is 0.496 e. The van der Waals surface area contributed by atoms with Gasteiger partial charge in [0.15, 0.2) is 0 Å². The van der Waals surface area contributed by atoms with Gasteiger partial charge in [-0.25, -0.2) is 9.97 Å². The number of likely N-dealkylation sites (tertiary alicyclic amines) is 1. The van der Waals surface area contributed by atoms with Gasteiger partial charge in [-0.3, -0.25) is 9.78 Å². The van der Waals surface area contributed by atoms with Crippen LogP contribution in [0, 0.1) is 6.92 Å². The van der Waals surface area contributed by atoms with Gasteiger partial charge in [0.25, 0.3) is 0 Å². The molecule has 1 fully saturated rings. The van der Waals surface area contributed by atoms with Crippen LogP contribution in [0.3, 0.4) is 0 Å². The Morgan fingerprint density at radius 2 is 2.00 bits per heavy atom. The van der Waals surface area contributed by atoms with Crippen LogP contribution in [0.2, 0.25) is 0 Å². The van der Waals surface area contributed by atoms with Gasteiger partial charge in [0.05, 0.1) is 7.11 Å². The minimum absolute atomic E-state index is 0.178. The van der Waals surface area contributed by atoms with Crippen LogP contribution in [0.15, 0.2) is 54.9 Å². The average Bonchev–Trinajstić information content (AvgIpc) is 3.28. The summed E-state index contributed by atoms with van der Waals surface area (Å²) in [7, 11) is 1.66. The van der Waals surface area contributed by atoms with Crippen LogP contribution in [-0.2, 0) is 11.2 Å². The molecule has 7 nitrogen and oxygen atoms in total. The van der Waals surface area contributed by atoms with Crippen molar-refractivity contribution in [2.45, 2.75) is 32.1 Å². The summed E-state index contributed by atoms with van der Waals surface area (Å²) in [6, 6.07) is 13.7. The zero-order chi connectivity index (χ0) is 21.6. The molecule has 0 spiro atoms. The van der Waals surface area contributed by atoms with Gasteiger partial charge in [0.2, 0.25) is 11.9 Å². The van der Waals surface area contributed by atoms with Gasteiger partial charge in [-0.1, -0.05) is 18.2 Å². The lowest BCUT2D eigenvalue weighted by atomic mass is 10.0. The maximum absolute atomic E-state index is 12.8. The molecule has 1 N–H and O–H groups in total. The molecule has 1 amide bonds. The first-order chi connectivity index (χ1) is 15.1. The van der Waals surface area contributed by atoms with E-state index in [0.29, 0.717) is 25.3 Å². The first-order valence-electron chi connectivity index (χ1n) is 10.5. The van der Waals surface area contributed by atoms with Gasteiger partial charge >= 0.3 is 0 Å². The third-order valence-corrected chi connectivity index (χ3v) is 5.56. The van der Waals surface area contributed by atoms with E-state index in [4.69, 9.17) is 9.72 Å². The van der Waals surface area contributed by atoms with Crippen LogP contribution in [0.5, 0.6) is 5.75 Å². The fourth-order valence-corrected chi connectivity index (χ4v) is 4.01. The molecule has 31 heavy (non-hydrogen) atoms. The molecule has 2 aromatic heterocycles. The van der Waals surface area contributed by atoms with Gasteiger partial charge in [-0.15, -0.1) is 0 Å². The zero-order valence-electron chi connectivity index (χ0n) is 17.9. The topological polar surface area (TPSA) is 80.2 Å². The minimum Gasteiger partial charge on any atom is -0.496 e. The highest BCUT2D eigenvalue weighted by atomic mass is 16.5. The van der Waals surface area contributed by atoms with Crippen molar-refractivity contribution >= 4 is 17.5 Å². The SMILES string of the molecule is COc1ccccc1CCC(=O)N1CC[C@@H](c2cc(Nc3ncccn3)cc(C)n2)C1. The Kier molecular flexibility index (Phi) is 6.40. The second kappa shape index (κ2) is 9.55. The van der Waals surface area contributed by atoms with E-state index in [1.165, 1.54) is 0 Å². The molecule has 1 aromatic carbocycles. The summed E-state index contributed by atoms with van der Waals surface area (Å²) in [5, 5.41) is 3.24. The standard InChI is InChI=1S/C24H27N5O2/c1-17-14-20(28-24-25-11-5-12-26-24)15-21(27-17)19-10-13-29(16-19)23(30)9-8-18-6-3-4-7-22(18)31-2/h3-7,11-12,14-15,19H,8-10,13,16H2,1-2H3,(H,25,26,27,28)/t19-/m1/s1. The predicted molar refractivity (Wildman–Crippen MR) is 120 cm³/mol. The number of pyridine rings is 1. The molecule has 1 aliphatic rings. The Labute approximate surface area is 182 Å². The molecule has 1 saturated heterocycles. The molecule has 0 saturated carbocycles. The number of nitrogens with one attached hydrogen (secondary N) is 1. The molecular weight excluding hydrogens is 390 g/mol. The van der Waals surface area contributed by atoms with Crippen molar-refractivity contribution in [3.8, 4) is 5.75 Å². The summed E-state index contributed by atoms with van der Waals surface area (Å²) in [5.41, 5.74) is 3.90. The lowest BCUT2D eigenvalue weighted by molar-refractivity contribution is -0.130. The van der Waals surface area contributed by atoms with Crippen LogP contribution < -0.4 is 10.1 Å². The molecular formula is C24H27N5O2. The van der Waals surface area contributed by atoms with Crippen molar-refractivity contribution in [3.63, 3.8) is 0 Å². The van der Waals surface area contributed by atoms with Crippen LogP contribution in [0.25, 0.3) is 0 Å². The number of rotatable bonds is 7. The van der Waals surface area contributed by atoms with Crippen LogP contribution >= 0.6 is 0 Å². The number of para-hydroxylation sites is 1. The van der Waals surface area contributed by atoms with E-state index < -0.39 is 0 Å². The number of aromatic nitrogens is 3. The number of carbonyl (C=O) groups is 1. The molecule has 1 atom stereocenters. The highest BCUT2D eigenvalue weighted by Gasteiger charge is 2.28. The Balaban J connectivity index is 1.38. The van der Waals surface area contributed by atoms with E-state index in [9.17, 15) is 4.79 Å². The summed E-state index contributed by atoms with van der Waals surface area (Å²) in [6.45, 7) is 3.43. The van der Waals surface area contributed by atoms with Gasteiger partial charge in [0.1, 0.15) is 5.75 Å². The fourth-order valence-electron chi connectivity index (χ4n) is 4.01. The van der Waals surface area contributed by atoms with Crippen molar-refractivity contribution in [1.82, 2.24) is 19.9 Å². The normalized spacial score (nSPS) is 15.7. The summed E-state index contributed by atoms with van der Waals surface area (Å²) in [4.78, 5) is 27.9. The lowest BCUT2D eigenvalue weighted by Gasteiger charge is -2.17. The predicted octanol–water partition coefficient (Wildman–Crippen LogP) is 3.88. The molecule has 0 unspecified atom stereocenters. The molecule has 0 aliphatic carbocycles. The number of hydrogen-bond donors (Lipinski definition) is 1. The number of benzene rings is 1. The molecule has 0 bridgehead atoms. The van der Waals surface area contributed by atoms with Gasteiger partial charge in [0, 0.05) is 54.9 Å². The van der Waals surface area contributed by atoms with Crippen molar-refractivity contribution in [2.24, 2.45) is 0 Å². The van der Waals surface area contributed by atoms with Crippen LogP contribution in [-0.4, -0.2) is 46.0 Å². The summed E-state index contributed by atoms with van der Waals surface area (Å²) in [6.07, 6.45) is 5.48. The molecule has 7 heteroatoms. The summed E-state index contributed by atoms with van der Waals surface area (Å²) in [5.74, 6) is 1.80. The van der Waals surface area contributed by atoms with E-state index in [2.05, 4.69) is 15.3 Å². The first-order valence-corrected chi connectivity index (χ1v) is 10.5. The number of ether oxygens (including phenoxy) is 1. The van der Waals surface area contributed by atoms with E-state index in [-0.39, 0.29) is 11.8 Å². The number of nitrogens with zero attached hydrogens (tertiary/aromatic N) is 4. The average molecular weight is 418 g/mol. The summed E-state index contributed by atoms with van der Waals surface area (Å²) < 4.78 is 5.39. The van der Waals surface area contributed by atoms with E-state index >= 15 is 0 Å². The number of hydrogen-bond acceptors (Lipinski definition) is 6. The quantitative estimate of drug-likeness (QED) is 0.628. The lowest BCUT2D eigenvalue weighted by Crippen LogP contribution is -2.28. The molecule has 3 heterocycles.